The van der Waals surface area contributed by atoms with E-state index < -0.39 is 11.8 Å². The molecule has 0 aromatic heterocycles. The Hall–Kier alpha value is -2.69. The smallest absolute Gasteiger partial charge is 0.337 e. The van der Waals surface area contributed by atoms with Crippen LogP contribution in [0.2, 0.25) is 0 Å². The van der Waals surface area contributed by atoms with E-state index in [2.05, 4.69) is 0 Å². The molecule has 1 atom stereocenters. The summed E-state index contributed by atoms with van der Waals surface area (Å²) in [6.07, 6.45) is 0. The van der Waals surface area contributed by atoms with Crippen LogP contribution in [0.4, 0.5) is 5.69 Å². The Bertz CT molecular complexity index is 684. The molecule has 1 aliphatic rings. The number of carboxylic acids is 1. The molecule has 0 fully saturated rings. The van der Waals surface area contributed by atoms with Gasteiger partial charge in [0.25, 0.3) is 5.79 Å². The lowest BCUT2D eigenvalue weighted by atomic mass is 10.1. The van der Waals surface area contributed by atoms with Crippen LogP contribution in [0.3, 0.4) is 0 Å². The van der Waals surface area contributed by atoms with E-state index in [1.54, 1.807) is 6.92 Å². The summed E-state index contributed by atoms with van der Waals surface area (Å²) in [7, 11) is 0. The maximum atomic E-state index is 11.1. The van der Waals surface area contributed by atoms with Crippen molar-refractivity contribution in [2.24, 2.45) is 0 Å². The number of hydrogen-bond acceptors (Lipinski definition) is 4. The van der Waals surface area contributed by atoms with Gasteiger partial charge in [0.1, 0.15) is 0 Å². The molecule has 5 heteroatoms. The van der Waals surface area contributed by atoms with Crippen molar-refractivity contribution in [3.63, 3.8) is 0 Å². The molecule has 0 saturated carbocycles. The highest BCUT2D eigenvalue weighted by Gasteiger charge is 2.39. The van der Waals surface area contributed by atoms with Crippen LogP contribution in [0.5, 0.6) is 11.5 Å². The van der Waals surface area contributed by atoms with Gasteiger partial charge in [0.2, 0.25) is 0 Å². The van der Waals surface area contributed by atoms with Crippen LogP contribution >= 0.6 is 0 Å². The fourth-order valence-corrected chi connectivity index (χ4v) is 2.22. The van der Waals surface area contributed by atoms with Gasteiger partial charge in [-0.2, -0.15) is 0 Å². The minimum atomic E-state index is -1.10. The Kier molecular flexibility index (Phi) is 2.57. The second-order valence-corrected chi connectivity index (χ2v) is 4.71. The molecule has 2 aromatic carbocycles. The van der Waals surface area contributed by atoms with Crippen molar-refractivity contribution in [2.45, 2.75) is 12.7 Å². The maximum absolute atomic E-state index is 11.1. The van der Waals surface area contributed by atoms with E-state index in [0.717, 1.165) is 5.56 Å². The highest BCUT2D eigenvalue weighted by atomic mass is 16.7. The number of fused-ring (bicyclic) bond motifs is 1. The van der Waals surface area contributed by atoms with Crippen molar-refractivity contribution in [2.75, 3.05) is 5.73 Å². The van der Waals surface area contributed by atoms with Gasteiger partial charge in [0.15, 0.2) is 11.5 Å². The Morgan fingerprint density at radius 3 is 2.35 bits per heavy atom. The molecule has 0 saturated heterocycles. The van der Waals surface area contributed by atoms with Crippen molar-refractivity contribution < 1.29 is 19.4 Å². The first-order valence-corrected chi connectivity index (χ1v) is 6.10. The van der Waals surface area contributed by atoms with E-state index >= 15 is 0 Å². The second-order valence-electron chi connectivity index (χ2n) is 4.71. The third-order valence-corrected chi connectivity index (χ3v) is 3.25. The Balaban J connectivity index is 2.02. The summed E-state index contributed by atoms with van der Waals surface area (Å²) in [5.74, 6) is -1.25. The quantitative estimate of drug-likeness (QED) is 0.820. The number of benzene rings is 2. The molecule has 3 rings (SSSR count). The zero-order valence-electron chi connectivity index (χ0n) is 10.8. The Morgan fingerprint density at radius 2 is 1.75 bits per heavy atom. The fourth-order valence-electron chi connectivity index (χ4n) is 2.22. The van der Waals surface area contributed by atoms with Crippen molar-refractivity contribution in [1.82, 2.24) is 0 Å². The van der Waals surface area contributed by atoms with Gasteiger partial charge < -0.3 is 20.3 Å². The number of rotatable bonds is 2. The molecule has 0 aliphatic carbocycles. The summed E-state index contributed by atoms with van der Waals surface area (Å²) in [5.41, 5.74) is 6.70. The van der Waals surface area contributed by atoms with Gasteiger partial charge >= 0.3 is 5.97 Å². The number of ether oxygens (including phenoxy) is 2. The number of carbonyl (C=O) groups is 1. The lowest BCUT2D eigenvalue weighted by Gasteiger charge is -2.23. The molecular formula is C15H13NO4. The first-order valence-electron chi connectivity index (χ1n) is 6.10. The normalized spacial score (nSPS) is 19.9. The van der Waals surface area contributed by atoms with Crippen LogP contribution in [-0.2, 0) is 5.79 Å². The summed E-state index contributed by atoms with van der Waals surface area (Å²) in [4.78, 5) is 11.1. The van der Waals surface area contributed by atoms with E-state index in [0.29, 0.717) is 11.5 Å². The van der Waals surface area contributed by atoms with Gasteiger partial charge in [-0.15, -0.1) is 0 Å². The van der Waals surface area contributed by atoms with E-state index in [-0.39, 0.29) is 11.3 Å². The summed E-state index contributed by atoms with van der Waals surface area (Å²) < 4.78 is 11.6. The van der Waals surface area contributed by atoms with Gasteiger partial charge in [0.05, 0.1) is 11.3 Å². The second kappa shape index (κ2) is 4.16. The van der Waals surface area contributed by atoms with Gasteiger partial charge in [0, 0.05) is 24.6 Å². The zero-order chi connectivity index (χ0) is 14.3. The predicted octanol–water partition coefficient (Wildman–Crippen LogP) is 2.61. The number of aromatic carboxylic acids is 1. The highest BCUT2D eigenvalue weighted by molar-refractivity contribution is 5.94. The molecule has 102 valence electrons. The SMILES string of the molecule is CC1(c2ccccc2)Oc2cc(N)c(C(=O)O)cc2O1. The van der Waals surface area contributed by atoms with Gasteiger partial charge in [-0.25, -0.2) is 4.79 Å². The molecule has 1 aliphatic heterocycles. The van der Waals surface area contributed by atoms with Crippen LogP contribution in [0.1, 0.15) is 22.8 Å². The highest BCUT2D eigenvalue weighted by Crippen LogP contribution is 2.45. The van der Waals surface area contributed by atoms with Gasteiger partial charge in [-0.3, -0.25) is 0 Å². The number of anilines is 1. The molecular weight excluding hydrogens is 258 g/mol. The molecule has 1 heterocycles. The summed E-state index contributed by atoms with van der Waals surface area (Å²) in [6.45, 7) is 1.78. The third kappa shape index (κ3) is 1.84. The average molecular weight is 271 g/mol. The predicted molar refractivity (Wildman–Crippen MR) is 72.9 cm³/mol. The molecule has 0 amide bonds. The minimum Gasteiger partial charge on any atom is -0.478 e. The molecule has 1 unspecified atom stereocenters. The van der Waals surface area contributed by atoms with Crippen molar-refractivity contribution in [3.8, 4) is 11.5 Å². The van der Waals surface area contributed by atoms with Crippen LogP contribution in [0.25, 0.3) is 0 Å². The third-order valence-electron chi connectivity index (χ3n) is 3.25. The molecule has 5 nitrogen and oxygen atoms in total. The maximum Gasteiger partial charge on any atom is 0.337 e. The summed E-state index contributed by atoms with van der Waals surface area (Å²) in [5, 5.41) is 9.07. The van der Waals surface area contributed by atoms with E-state index in [4.69, 9.17) is 20.3 Å². The molecule has 0 bridgehead atoms. The van der Waals surface area contributed by atoms with E-state index in [1.807, 2.05) is 30.3 Å². The average Bonchev–Trinajstić information content (AvgIpc) is 2.75. The van der Waals surface area contributed by atoms with Crippen molar-refractivity contribution in [3.05, 3.63) is 53.6 Å². The van der Waals surface area contributed by atoms with Crippen LogP contribution in [-0.4, -0.2) is 11.1 Å². The monoisotopic (exact) mass is 271 g/mol. The number of nitrogens with two attached hydrogens (primary N) is 1. The molecule has 3 N–H and O–H groups in total. The standard InChI is InChI=1S/C15H13NO4/c1-15(9-5-3-2-4-6-9)19-12-7-10(14(17)18)11(16)8-13(12)20-15/h2-8H,16H2,1H3,(H,17,18). The first-order chi connectivity index (χ1) is 9.49. The number of hydrogen-bond donors (Lipinski definition) is 2. The number of carboxylic acid groups (broad SMARTS) is 1. The Morgan fingerprint density at radius 1 is 1.15 bits per heavy atom. The lowest BCUT2D eigenvalue weighted by molar-refractivity contribution is -0.0680. The molecule has 20 heavy (non-hydrogen) atoms. The van der Waals surface area contributed by atoms with Crippen molar-refractivity contribution in [1.29, 1.82) is 0 Å². The topological polar surface area (TPSA) is 81.8 Å². The lowest BCUT2D eigenvalue weighted by Crippen LogP contribution is -2.31. The molecule has 0 spiro atoms. The number of nitrogen functional groups attached to an aromatic ring is 1. The van der Waals surface area contributed by atoms with Crippen LogP contribution in [0.15, 0.2) is 42.5 Å². The van der Waals surface area contributed by atoms with E-state index in [9.17, 15) is 4.79 Å². The molecule has 2 aromatic rings. The van der Waals surface area contributed by atoms with Crippen LogP contribution in [0, 0.1) is 0 Å². The van der Waals surface area contributed by atoms with Crippen molar-refractivity contribution >= 4 is 11.7 Å². The van der Waals surface area contributed by atoms with Gasteiger partial charge in [-0.05, 0) is 0 Å². The van der Waals surface area contributed by atoms with Crippen LogP contribution < -0.4 is 15.2 Å². The fraction of sp³-hybridized carbons (Fsp3) is 0.133. The van der Waals surface area contributed by atoms with E-state index in [1.165, 1.54) is 12.1 Å². The summed E-state index contributed by atoms with van der Waals surface area (Å²) in [6, 6.07) is 12.3. The zero-order valence-corrected chi connectivity index (χ0v) is 10.8. The Labute approximate surface area is 115 Å². The van der Waals surface area contributed by atoms with Gasteiger partial charge in [-0.1, -0.05) is 30.3 Å². The first kappa shape index (κ1) is 12.3. The summed E-state index contributed by atoms with van der Waals surface area (Å²) >= 11 is 0. The largest absolute Gasteiger partial charge is 0.478 e. The molecule has 0 radical (unpaired) electrons. The minimum absolute atomic E-state index is 0.00432.